The molecule has 0 aliphatic rings. The lowest BCUT2D eigenvalue weighted by Crippen LogP contribution is -2.26. The fourth-order valence-corrected chi connectivity index (χ4v) is 1.69. The highest BCUT2D eigenvalue weighted by Gasteiger charge is 2.05. The maximum atomic E-state index is 10.9. The summed E-state index contributed by atoms with van der Waals surface area (Å²) in [6.07, 6.45) is 0.129. The van der Waals surface area contributed by atoms with Crippen molar-refractivity contribution in [1.82, 2.24) is 5.59 Å². The third-order valence-electron chi connectivity index (χ3n) is 1.82. The molecule has 0 aliphatic carbocycles. The molecule has 1 rings (SSSR count). The highest BCUT2D eigenvalue weighted by atomic mass is 79.9. The number of rotatable bonds is 5. The van der Waals surface area contributed by atoms with Gasteiger partial charge in [-0.1, -0.05) is 11.7 Å². The molecule has 0 aliphatic heterocycles. The molecule has 5 nitrogen and oxygen atoms in total. The summed E-state index contributed by atoms with van der Waals surface area (Å²) in [5, 5.41) is 0. The van der Waals surface area contributed by atoms with Gasteiger partial charge in [-0.25, -0.2) is 5.84 Å². The van der Waals surface area contributed by atoms with Crippen molar-refractivity contribution in [2.45, 2.75) is 13.3 Å². The second-order valence-electron chi connectivity index (χ2n) is 3.12. The number of carbonyl (C=O) groups is 1. The van der Waals surface area contributed by atoms with Gasteiger partial charge in [0.15, 0.2) is 0 Å². The topological polar surface area (TPSA) is 73.6 Å². The van der Waals surface area contributed by atoms with E-state index in [2.05, 4.69) is 20.8 Å². The molecule has 0 bridgehead atoms. The molecule has 0 spiro atoms. The fourth-order valence-electron chi connectivity index (χ4n) is 1.08. The molecule has 6 heteroatoms. The van der Waals surface area contributed by atoms with Crippen LogP contribution in [0.5, 0.6) is 5.75 Å². The third kappa shape index (κ3) is 4.18. The van der Waals surface area contributed by atoms with E-state index in [0.29, 0.717) is 5.75 Å². The van der Waals surface area contributed by atoms with E-state index in [-0.39, 0.29) is 13.0 Å². The summed E-state index contributed by atoms with van der Waals surface area (Å²) in [5.41, 5.74) is 2.95. The van der Waals surface area contributed by atoms with Crippen molar-refractivity contribution in [3.05, 3.63) is 28.2 Å². The Morgan fingerprint density at radius 3 is 2.94 bits per heavy atom. The number of benzene rings is 1. The number of hydrazine groups is 1. The smallest absolute Gasteiger partial charge is 0.329 e. The van der Waals surface area contributed by atoms with Crippen molar-refractivity contribution < 1.29 is 14.4 Å². The van der Waals surface area contributed by atoms with E-state index < -0.39 is 5.97 Å². The Morgan fingerprint density at radius 2 is 2.31 bits per heavy atom. The Balaban J connectivity index is 2.40. The monoisotopic (exact) mass is 288 g/mol. The number of hydrogen-bond donors (Lipinski definition) is 2. The largest absolute Gasteiger partial charge is 0.492 e. The maximum absolute atomic E-state index is 10.9. The number of nitrogens with one attached hydrogen (secondary N) is 1. The van der Waals surface area contributed by atoms with Crippen molar-refractivity contribution in [3.8, 4) is 5.75 Å². The molecule has 1 aromatic rings. The number of halogens is 1. The number of carbonyl (C=O) groups excluding carboxylic acids is 1. The van der Waals surface area contributed by atoms with Crippen molar-refractivity contribution in [3.63, 3.8) is 0 Å². The highest BCUT2D eigenvalue weighted by Crippen LogP contribution is 2.25. The number of ether oxygens (including phenoxy) is 1. The van der Waals surface area contributed by atoms with Gasteiger partial charge in [-0.15, -0.1) is 0 Å². The fraction of sp³-hybridized carbons (Fsp3) is 0.300. The van der Waals surface area contributed by atoms with Gasteiger partial charge in [0.25, 0.3) is 0 Å². The molecular weight excluding hydrogens is 276 g/mol. The van der Waals surface area contributed by atoms with Crippen molar-refractivity contribution in [2.24, 2.45) is 5.84 Å². The van der Waals surface area contributed by atoms with Crippen LogP contribution in [0.2, 0.25) is 0 Å². The Labute approximate surface area is 102 Å². The number of hydrogen-bond acceptors (Lipinski definition) is 5. The lowest BCUT2D eigenvalue weighted by Gasteiger charge is -2.08. The Bertz CT molecular complexity index is 371. The highest BCUT2D eigenvalue weighted by molar-refractivity contribution is 9.10. The van der Waals surface area contributed by atoms with Gasteiger partial charge in [-0.2, -0.15) is 0 Å². The zero-order valence-electron chi connectivity index (χ0n) is 8.83. The van der Waals surface area contributed by atoms with E-state index in [9.17, 15) is 4.79 Å². The van der Waals surface area contributed by atoms with Crippen LogP contribution in [0.1, 0.15) is 12.0 Å². The summed E-state index contributed by atoms with van der Waals surface area (Å²) >= 11 is 3.37. The van der Waals surface area contributed by atoms with Crippen LogP contribution >= 0.6 is 15.9 Å². The quantitative estimate of drug-likeness (QED) is 0.634. The molecular formula is C10H13BrN2O3. The van der Waals surface area contributed by atoms with Gasteiger partial charge >= 0.3 is 5.97 Å². The molecule has 3 N–H and O–H groups in total. The van der Waals surface area contributed by atoms with E-state index in [1.165, 1.54) is 0 Å². The van der Waals surface area contributed by atoms with E-state index in [0.717, 1.165) is 10.0 Å². The van der Waals surface area contributed by atoms with Crippen LogP contribution in [-0.4, -0.2) is 12.6 Å². The first-order valence-electron chi connectivity index (χ1n) is 4.67. The molecule has 0 fully saturated rings. The number of nitrogens with two attached hydrogens (primary N) is 1. The molecule has 0 atom stereocenters. The minimum Gasteiger partial charge on any atom is -0.492 e. The summed E-state index contributed by atoms with van der Waals surface area (Å²) in [5.74, 6) is 5.04. The molecule has 0 amide bonds. The van der Waals surface area contributed by atoms with Gasteiger partial charge in [0.1, 0.15) is 5.75 Å². The molecule has 16 heavy (non-hydrogen) atoms. The average molecular weight is 289 g/mol. The van der Waals surface area contributed by atoms with E-state index in [1.54, 1.807) is 0 Å². The van der Waals surface area contributed by atoms with Gasteiger partial charge in [0, 0.05) is 0 Å². The summed E-state index contributed by atoms with van der Waals surface area (Å²) in [4.78, 5) is 15.2. The summed E-state index contributed by atoms with van der Waals surface area (Å²) < 4.78 is 6.25. The van der Waals surface area contributed by atoms with E-state index in [4.69, 9.17) is 10.6 Å². The first kappa shape index (κ1) is 13.0. The third-order valence-corrected chi connectivity index (χ3v) is 2.44. The van der Waals surface area contributed by atoms with Crippen molar-refractivity contribution in [2.75, 3.05) is 6.61 Å². The van der Waals surface area contributed by atoms with Crippen LogP contribution < -0.4 is 16.2 Å². The minimum absolute atomic E-state index is 0.129. The van der Waals surface area contributed by atoms with E-state index in [1.807, 2.05) is 30.7 Å². The molecule has 0 aromatic heterocycles. The molecule has 0 radical (unpaired) electrons. The first-order chi connectivity index (χ1) is 7.63. The van der Waals surface area contributed by atoms with Crippen LogP contribution in [0.25, 0.3) is 0 Å². The summed E-state index contributed by atoms with van der Waals surface area (Å²) in [6, 6.07) is 5.71. The molecule has 0 saturated carbocycles. The Kier molecular flexibility index (Phi) is 5.24. The summed E-state index contributed by atoms with van der Waals surface area (Å²) in [6.45, 7) is 2.22. The van der Waals surface area contributed by atoms with Crippen LogP contribution in [0, 0.1) is 6.92 Å². The minimum atomic E-state index is -0.467. The second-order valence-corrected chi connectivity index (χ2v) is 3.98. The van der Waals surface area contributed by atoms with Gasteiger partial charge in [-0.05, 0) is 40.5 Å². The zero-order chi connectivity index (χ0) is 12.0. The van der Waals surface area contributed by atoms with Gasteiger partial charge in [0.2, 0.25) is 0 Å². The first-order valence-corrected chi connectivity index (χ1v) is 5.47. The predicted octanol–water partition coefficient (Wildman–Crippen LogP) is 1.45. The van der Waals surface area contributed by atoms with Gasteiger partial charge in [-0.3, -0.25) is 4.79 Å². The van der Waals surface area contributed by atoms with E-state index >= 15 is 0 Å². The molecule has 0 unspecified atom stereocenters. The lowest BCUT2D eigenvalue weighted by atomic mass is 10.2. The van der Waals surface area contributed by atoms with Crippen LogP contribution in [0.4, 0.5) is 0 Å². The van der Waals surface area contributed by atoms with Crippen molar-refractivity contribution in [1.29, 1.82) is 0 Å². The molecule has 1 aromatic carbocycles. The van der Waals surface area contributed by atoms with Gasteiger partial charge in [0.05, 0.1) is 17.5 Å². The maximum Gasteiger partial charge on any atom is 0.329 e. The standard InChI is InChI=1S/C10H13BrN2O3/c1-7-2-3-9(8(11)6-7)15-5-4-10(14)16-13-12/h2-3,6,13H,4-5,12H2,1H3. The summed E-state index contributed by atoms with van der Waals surface area (Å²) in [7, 11) is 0. The van der Waals surface area contributed by atoms with Crippen LogP contribution in [0.3, 0.4) is 0 Å². The van der Waals surface area contributed by atoms with Crippen molar-refractivity contribution >= 4 is 21.9 Å². The average Bonchev–Trinajstić information content (AvgIpc) is 2.22. The van der Waals surface area contributed by atoms with Gasteiger partial charge < -0.3 is 9.57 Å². The predicted molar refractivity (Wildman–Crippen MR) is 62.4 cm³/mol. The Morgan fingerprint density at radius 1 is 1.56 bits per heavy atom. The normalized spacial score (nSPS) is 9.94. The molecule has 88 valence electrons. The van der Waals surface area contributed by atoms with Crippen LogP contribution in [0.15, 0.2) is 22.7 Å². The lowest BCUT2D eigenvalue weighted by molar-refractivity contribution is -0.151. The SMILES string of the molecule is Cc1ccc(OCCC(=O)ONN)c(Br)c1. The molecule has 0 saturated heterocycles. The second kappa shape index (κ2) is 6.47. The zero-order valence-corrected chi connectivity index (χ0v) is 10.4. The van der Waals surface area contributed by atoms with Crippen LogP contribution in [-0.2, 0) is 9.63 Å². The Hall–Kier alpha value is -1.11. The number of aryl methyl sites for hydroxylation is 1. The molecule has 0 heterocycles.